The van der Waals surface area contributed by atoms with Crippen LogP contribution in [0.1, 0.15) is 25.0 Å². The van der Waals surface area contributed by atoms with Gasteiger partial charge in [0.15, 0.2) is 0 Å². The first-order valence-electron chi connectivity index (χ1n) is 5.32. The topological polar surface area (TPSA) is 61.5 Å². The van der Waals surface area contributed by atoms with E-state index >= 15 is 0 Å². The zero-order chi connectivity index (χ0) is 12.8. The number of benzene rings is 1. The average molecular weight is 241 g/mol. The molecule has 1 amide bonds. The van der Waals surface area contributed by atoms with Crippen LogP contribution in [0.2, 0.25) is 0 Å². The van der Waals surface area contributed by atoms with Crippen molar-refractivity contribution in [3.8, 4) is 0 Å². The highest BCUT2D eigenvalue weighted by molar-refractivity contribution is 5.64. The lowest BCUT2D eigenvalue weighted by Crippen LogP contribution is -2.29. The van der Waals surface area contributed by atoms with Gasteiger partial charge in [-0.3, -0.25) is 0 Å². The van der Waals surface area contributed by atoms with Gasteiger partial charge >= 0.3 is 6.09 Å². The molecule has 0 bridgehead atoms. The summed E-state index contributed by atoms with van der Waals surface area (Å²) in [6.45, 7) is 1.85. The van der Waals surface area contributed by atoms with Crippen LogP contribution in [-0.4, -0.2) is 19.3 Å². The number of methoxy groups -OCH3 is 1. The highest BCUT2D eigenvalue weighted by Crippen LogP contribution is 2.25. The van der Waals surface area contributed by atoms with E-state index in [2.05, 4.69) is 0 Å². The van der Waals surface area contributed by atoms with E-state index in [9.17, 15) is 9.18 Å². The second-order valence-electron chi connectivity index (χ2n) is 3.59. The largest absolute Gasteiger partial charge is 0.443 e. The first-order valence-corrected chi connectivity index (χ1v) is 5.32. The Morgan fingerprint density at radius 2 is 2.00 bits per heavy atom. The molecular weight excluding hydrogens is 225 g/mol. The van der Waals surface area contributed by atoms with Crippen LogP contribution >= 0.6 is 0 Å². The summed E-state index contributed by atoms with van der Waals surface area (Å²) < 4.78 is 23.0. The summed E-state index contributed by atoms with van der Waals surface area (Å²) in [5.41, 5.74) is 5.72. The lowest BCUT2D eigenvalue weighted by Gasteiger charge is -2.24. The van der Waals surface area contributed by atoms with Crippen molar-refractivity contribution in [2.24, 2.45) is 5.73 Å². The van der Waals surface area contributed by atoms with Gasteiger partial charge in [0.25, 0.3) is 0 Å². The first kappa shape index (κ1) is 13.4. The van der Waals surface area contributed by atoms with E-state index in [-0.39, 0.29) is 5.82 Å². The third-order valence-corrected chi connectivity index (χ3v) is 2.46. The molecule has 0 spiro atoms. The second-order valence-corrected chi connectivity index (χ2v) is 3.59. The molecular formula is C12H16FNO3. The minimum atomic E-state index is -0.846. The van der Waals surface area contributed by atoms with Gasteiger partial charge in [-0.25, -0.2) is 9.18 Å². The molecule has 2 N–H and O–H groups in total. The fraction of sp³-hybridized carbons (Fsp3) is 0.417. The smallest absolute Gasteiger partial charge is 0.404 e. The SMILES string of the molecule is CC[C@H](OC(N)=O)[C@@H](OC)c1ccc(F)cc1. The summed E-state index contributed by atoms with van der Waals surface area (Å²) in [5, 5.41) is 0. The predicted molar refractivity (Wildman–Crippen MR) is 60.9 cm³/mol. The third kappa shape index (κ3) is 3.71. The minimum absolute atomic E-state index is 0.326. The van der Waals surface area contributed by atoms with Crippen molar-refractivity contribution in [2.45, 2.75) is 25.6 Å². The maximum atomic E-state index is 12.8. The molecule has 0 heterocycles. The molecule has 1 rings (SSSR count). The highest BCUT2D eigenvalue weighted by atomic mass is 19.1. The molecule has 1 aromatic rings. The van der Waals surface area contributed by atoms with Gasteiger partial charge < -0.3 is 15.2 Å². The standard InChI is InChI=1S/C12H16FNO3/c1-3-10(17-12(14)15)11(16-2)8-4-6-9(13)7-5-8/h4-7,10-11H,3H2,1-2H3,(H2,14,15)/t10-,11-/m0/s1. The van der Waals surface area contributed by atoms with Crippen LogP contribution in [0.4, 0.5) is 9.18 Å². The Bertz CT molecular complexity index is 367. The van der Waals surface area contributed by atoms with Gasteiger partial charge in [-0.15, -0.1) is 0 Å². The van der Waals surface area contributed by atoms with Gasteiger partial charge in [-0.2, -0.15) is 0 Å². The number of rotatable bonds is 5. The first-order chi connectivity index (χ1) is 8.08. The molecule has 94 valence electrons. The zero-order valence-electron chi connectivity index (χ0n) is 9.85. The van der Waals surface area contributed by atoms with Crippen LogP contribution in [0.15, 0.2) is 24.3 Å². The highest BCUT2D eigenvalue weighted by Gasteiger charge is 2.24. The summed E-state index contributed by atoms with van der Waals surface area (Å²) in [5.74, 6) is -0.326. The summed E-state index contributed by atoms with van der Waals surface area (Å²) >= 11 is 0. The predicted octanol–water partition coefficient (Wildman–Crippen LogP) is 2.39. The summed E-state index contributed by atoms with van der Waals surface area (Å²) in [4.78, 5) is 10.8. The van der Waals surface area contributed by atoms with Crippen molar-refractivity contribution in [1.29, 1.82) is 0 Å². The van der Waals surface area contributed by atoms with Gasteiger partial charge in [0.05, 0.1) is 0 Å². The Hall–Kier alpha value is -1.62. The van der Waals surface area contributed by atoms with Crippen molar-refractivity contribution < 1.29 is 18.7 Å². The Labute approximate surface area is 99.5 Å². The summed E-state index contributed by atoms with van der Waals surface area (Å²) in [7, 11) is 1.50. The third-order valence-electron chi connectivity index (χ3n) is 2.46. The van der Waals surface area contributed by atoms with Crippen molar-refractivity contribution in [3.05, 3.63) is 35.6 Å². The quantitative estimate of drug-likeness (QED) is 0.860. The zero-order valence-corrected chi connectivity index (χ0v) is 9.85. The minimum Gasteiger partial charge on any atom is -0.443 e. The number of primary amides is 1. The average Bonchev–Trinajstić information content (AvgIpc) is 2.30. The molecule has 0 unspecified atom stereocenters. The van der Waals surface area contributed by atoms with Gasteiger partial charge in [0, 0.05) is 7.11 Å². The molecule has 4 nitrogen and oxygen atoms in total. The van der Waals surface area contributed by atoms with Crippen LogP contribution in [0.3, 0.4) is 0 Å². The maximum absolute atomic E-state index is 12.8. The number of nitrogens with two attached hydrogens (primary N) is 1. The van der Waals surface area contributed by atoms with Crippen LogP contribution in [0, 0.1) is 5.82 Å². The van der Waals surface area contributed by atoms with Crippen molar-refractivity contribution in [1.82, 2.24) is 0 Å². The number of carbonyl (C=O) groups excluding carboxylic acids is 1. The van der Waals surface area contributed by atoms with Crippen molar-refractivity contribution >= 4 is 6.09 Å². The van der Waals surface area contributed by atoms with Crippen LogP contribution in [-0.2, 0) is 9.47 Å². The molecule has 5 heteroatoms. The van der Waals surface area contributed by atoms with Gasteiger partial charge in [-0.1, -0.05) is 19.1 Å². The van der Waals surface area contributed by atoms with E-state index in [1.54, 1.807) is 12.1 Å². The molecule has 2 atom stereocenters. The molecule has 0 aromatic heterocycles. The Morgan fingerprint density at radius 3 is 2.41 bits per heavy atom. The molecule has 0 fully saturated rings. The van der Waals surface area contributed by atoms with E-state index in [4.69, 9.17) is 15.2 Å². The second kappa shape index (κ2) is 6.20. The lowest BCUT2D eigenvalue weighted by molar-refractivity contribution is -0.0227. The van der Waals surface area contributed by atoms with E-state index in [1.807, 2.05) is 6.92 Å². The molecule has 0 saturated heterocycles. The molecule has 0 radical (unpaired) electrons. The molecule has 1 aromatic carbocycles. The number of amides is 1. The van der Waals surface area contributed by atoms with Crippen LogP contribution in [0.25, 0.3) is 0 Å². The Balaban J connectivity index is 2.88. The lowest BCUT2D eigenvalue weighted by atomic mass is 10.0. The van der Waals surface area contributed by atoms with Crippen LogP contribution < -0.4 is 5.73 Å². The fourth-order valence-corrected chi connectivity index (χ4v) is 1.66. The van der Waals surface area contributed by atoms with E-state index in [0.717, 1.165) is 5.56 Å². The Morgan fingerprint density at radius 1 is 1.41 bits per heavy atom. The normalized spacial score (nSPS) is 14.1. The van der Waals surface area contributed by atoms with Crippen molar-refractivity contribution in [3.63, 3.8) is 0 Å². The summed E-state index contributed by atoms with van der Waals surface area (Å²) in [6, 6.07) is 5.85. The van der Waals surface area contributed by atoms with E-state index in [0.29, 0.717) is 6.42 Å². The fourth-order valence-electron chi connectivity index (χ4n) is 1.66. The van der Waals surface area contributed by atoms with Crippen LogP contribution in [0.5, 0.6) is 0 Å². The molecule has 0 saturated carbocycles. The molecule has 0 aliphatic rings. The van der Waals surface area contributed by atoms with Gasteiger partial charge in [0.1, 0.15) is 18.0 Å². The van der Waals surface area contributed by atoms with Crippen molar-refractivity contribution in [2.75, 3.05) is 7.11 Å². The summed E-state index contributed by atoms with van der Waals surface area (Å²) in [6.07, 6.45) is -1.23. The number of hydrogen-bond acceptors (Lipinski definition) is 3. The van der Waals surface area contributed by atoms with E-state index < -0.39 is 18.3 Å². The Kier molecular flexibility index (Phi) is 4.90. The molecule has 17 heavy (non-hydrogen) atoms. The number of halogens is 1. The van der Waals surface area contributed by atoms with Gasteiger partial charge in [-0.05, 0) is 24.1 Å². The number of hydrogen-bond donors (Lipinski definition) is 1. The molecule has 0 aliphatic carbocycles. The van der Waals surface area contributed by atoms with Gasteiger partial charge in [0.2, 0.25) is 0 Å². The maximum Gasteiger partial charge on any atom is 0.404 e. The number of carbonyl (C=O) groups is 1. The molecule has 0 aliphatic heterocycles. The number of ether oxygens (including phenoxy) is 2. The monoisotopic (exact) mass is 241 g/mol. The van der Waals surface area contributed by atoms with E-state index in [1.165, 1.54) is 19.2 Å².